The Morgan fingerprint density at radius 3 is 3.04 bits per heavy atom. The van der Waals surface area contributed by atoms with E-state index in [1.165, 1.54) is 0 Å². The lowest BCUT2D eigenvalue weighted by Gasteiger charge is -2.04. The summed E-state index contributed by atoms with van der Waals surface area (Å²) in [7, 11) is 0. The summed E-state index contributed by atoms with van der Waals surface area (Å²) in [5.41, 5.74) is 9.50. The first kappa shape index (κ1) is 16.0. The van der Waals surface area contributed by atoms with Gasteiger partial charge in [0.25, 0.3) is 0 Å². The van der Waals surface area contributed by atoms with Gasteiger partial charge < -0.3 is 16.4 Å². The molecule has 0 saturated heterocycles. The number of nitrogens with zero attached hydrogens (tertiary/aromatic N) is 4. The lowest BCUT2D eigenvalue weighted by molar-refractivity contribution is -0.117. The number of hydrogen-bond acceptors (Lipinski definition) is 6. The molecule has 0 unspecified atom stereocenters. The minimum atomic E-state index is -0.401. The Kier molecular flexibility index (Phi) is 3.98. The van der Waals surface area contributed by atoms with Crippen LogP contribution in [-0.2, 0) is 11.3 Å². The number of nitrogens with two attached hydrogens (primary N) is 1. The topological polar surface area (TPSA) is 126 Å². The number of benzene rings is 1. The van der Waals surface area contributed by atoms with Crippen molar-refractivity contribution in [2.75, 3.05) is 11.9 Å². The molecule has 4 aromatic rings. The van der Waals surface area contributed by atoms with Crippen LogP contribution in [-0.4, -0.2) is 37.2 Å². The second-order valence-electron chi connectivity index (χ2n) is 6.00. The molecule has 0 saturated carbocycles. The van der Waals surface area contributed by atoms with E-state index in [0.717, 1.165) is 28.0 Å². The first-order valence-corrected chi connectivity index (χ1v) is 8.15. The van der Waals surface area contributed by atoms with Crippen molar-refractivity contribution >= 4 is 34.1 Å². The Morgan fingerprint density at radius 1 is 1.31 bits per heavy atom. The molecule has 0 fully saturated rings. The average Bonchev–Trinajstić information content (AvgIpc) is 3.18. The van der Waals surface area contributed by atoms with E-state index in [1.54, 1.807) is 4.52 Å². The van der Waals surface area contributed by atoms with Gasteiger partial charge in [-0.05, 0) is 37.3 Å². The maximum absolute atomic E-state index is 10.9. The Morgan fingerprint density at radius 2 is 2.19 bits per heavy atom. The number of aryl methyl sites for hydroxylation is 1. The minimum absolute atomic E-state index is 0.110. The summed E-state index contributed by atoms with van der Waals surface area (Å²) in [5.74, 6) is 0.0843. The molecule has 3 aromatic heterocycles. The van der Waals surface area contributed by atoms with Crippen LogP contribution in [0.1, 0.15) is 11.4 Å². The van der Waals surface area contributed by atoms with Gasteiger partial charge in [-0.1, -0.05) is 6.07 Å². The van der Waals surface area contributed by atoms with E-state index in [-0.39, 0.29) is 6.54 Å². The summed E-state index contributed by atoms with van der Waals surface area (Å²) in [5, 5.41) is 19.0. The van der Waals surface area contributed by atoms with Gasteiger partial charge in [-0.15, -0.1) is 5.10 Å². The summed E-state index contributed by atoms with van der Waals surface area (Å²) < 4.78 is 1.73. The molecular weight excluding hydrogens is 332 g/mol. The van der Waals surface area contributed by atoms with E-state index in [0.29, 0.717) is 18.1 Å². The fourth-order valence-corrected chi connectivity index (χ4v) is 2.81. The van der Waals surface area contributed by atoms with Crippen LogP contribution in [0.4, 0.5) is 11.6 Å². The van der Waals surface area contributed by atoms with E-state index in [9.17, 15) is 4.79 Å². The highest BCUT2D eigenvalue weighted by molar-refractivity contribution is 5.85. The fourth-order valence-electron chi connectivity index (χ4n) is 2.81. The smallest absolute Gasteiger partial charge is 0.247 e. The molecule has 5 N–H and O–H groups in total. The van der Waals surface area contributed by atoms with Crippen molar-refractivity contribution < 1.29 is 4.79 Å². The number of rotatable bonds is 6. The molecule has 0 radical (unpaired) electrons. The molecule has 4 rings (SSSR count). The molecule has 0 atom stereocenters. The molecule has 9 nitrogen and oxygen atoms in total. The van der Waals surface area contributed by atoms with Crippen molar-refractivity contribution in [1.29, 1.82) is 0 Å². The highest BCUT2D eigenvalue weighted by Gasteiger charge is 2.09. The lowest BCUT2D eigenvalue weighted by Crippen LogP contribution is -2.28. The standard InChI is InChI=1S/C17H18N8O/c1-10-13-6-5-11(7-14(13)23-22-10)20-17-21-16-4-2-3-12(25(16)24-17)8-19-9-15(18)26/h2-7,19H,8-9H2,1H3,(H2,18,26)(H,20,24)(H,22,23). The van der Waals surface area contributed by atoms with Gasteiger partial charge in [0, 0.05) is 23.3 Å². The molecule has 132 valence electrons. The van der Waals surface area contributed by atoms with Gasteiger partial charge in [0.2, 0.25) is 11.9 Å². The minimum Gasteiger partial charge on any atom is -0.369 e. The third-order valence-electron chi connectivity index (χ3n) is 4.05. The van der Waals surface area contributed by atoms with Gasteiger partial charge in [-0.2, -0.15) is 10.1 Å². The van der Waals surface area contributed by atoms with Crippen LogP contribution in [0, 0.1) is 6.92 Å². The predicted octanol–water partition coefficient (Wildman–Crippen LogP) is 1.23. The fraction of sp³-hybridized carbons (Fsp3) is 0.176. The summed E-state index contributed by atoms with van der Waals surface area (Å²) in [6, 6.07) is 11.6. The first-order valence-electron chi connectivity index (χ1n) is 8.15. The number of pyridine rings is 1. The van der Waals surface area contributed by atoms with Crippen molar-refractivity contribution in [2.45, 2.75) is 13.5 Å². The average molecular weight is 350 g/mol. The lowest BCUT2D eigenvalue weighted by atomic mass is 10.2. The maximum Gasteiger partial charge on any atom is 0.247 e. The van der Waals surface area contributed by atoms with Gasteiger partial charge in [0.1, 0.15) is 0 Å². The normalized spacial score (nSPS) is 11.3. The SMILES string of the molecule is Cc1[nH]nc2cc(Nc3nc4cccc(CNCC(N)=O)n4n3)ccc12. The largest absolute Gasteiger partial charge is 0.369 e. The number of nitrogens with one attached hydrogen (secondary N) is 3. The molecule has 9 heteroatoms. The van der Waals surface area contributed by atoms with E-state index in [4.69, 9.17) is 5.73 Å². The molecule has 0 aliphatic carbocycles. The molecule has 0 aliphatic heterocycles. The summed E-state index contributed by atoms with van der Waals surface area (Å²) in [4.78, 5) is 15.4. The molecule has 3 heterocycles. The van der Waals surface area contributed by atoms with Crippen LogP contribution < -0.4 is 16.4 Å². The number of anilines is 2. The highest BCUT2D eigenvalue weighted by atomic mass is 16.1. The van der Waals surface area contributed by atoms with Crippen LogP contribution in [0.15, 0.2) is 36.4 Å². The van der Waals surface area contributed by atoms with E-state index in [1.807, 2.05) is 43.3 Å². The Hall–Kier alpha value is -3.46. The number of amides is 1. The Labute approximate surface area is 148 Å². The number of carbonyl (C=O) groups excluding carboxylic acids is 1. The zero-order valence-corrected chi connectivity index (χ0v) is 14.2. The van der Waals surface area contributed by atoms with Gasteiger partial charge in [-0.25, -0.2) is 4.52 Å². The van der Waals surface area contributed by atoms with Crippen molar-refractivity contribution in [2.24, 2.45) is 5.73 Å². The monoisotopic (exact) mass is 350 g/mol. The van der Waals surface area contributed by atoms with Crippen LogP contribution in [0.5, 0.6) is 0 Å². The molecule has 26 heavy (non-hydrogen) atoms. The van der Waals surface area contributed by atoms with E-state index >= 15 is 0 Å². The van der Waals surface area contributed by atoms with Gasteiger partial charge in [-0.3, -0.25) is 9.89 Å². The summed E-state index contributed by atoms with van der Waals surface area (Å²) >= 11 is 0. The van der Waals surface area contributed by atoms with Crippen molar-refractivity contribution in [3.63, 3.8) is 0 Å². The first-order chi connectivity index (χ1) is 12.6. The van der Waals surface area contributed by atoms with Gasteiger partial charge in [0.15, 0.2) is 5.65 Å². The van der Waals surface area contributed by atoms with Crippen LogP contribution in [0.25, 0.3) is 16.6 Å². The Bertz CT molecular complexity index is 1100. The zero-order valence-electron chi connectivity index (χ0n) is 14.2. The number of aromatic nitrogens is 5. The molecular formula is C17H18N8O. The number of aromatic amines is 1. The Balaban J connectivity index is 1.59. The second kappa shape index (κ2) is 6.45. The summed E-state index contributed by atoms with van der Waals surface area (Å²) in [6.07, 6.45) is 0. The predicted molar refractivity (Wildman–Crippen MR) is 98.0 cm³/mol. The third kappa shape index (κ3) is 3.07. The summed E-state index contributed by atoms with van der Waals surface area (Å²) in [6.45, 7) is 2.56. The number of H-pyrrole nitrogens is 1. The number of hydrogen-bond donors (Lipinski definition) is 4. The van der Waals surface area contributed by atoms with Crippen LogP contribution >= 0.6 is 0 Å². The van der Waals surface area contributed by atoms with Crippen molar-refractivity contribution in [1.82, 2.24) is 30.1 Å². The van der Waals surface area contributed by atoms with E-state index in [2.05, 4.69) is 30.9 Å². The molecule has 1 amide bonds. The van der Waals surface area contributed by atoms with E-state index < -0.39 is 5.91 Å². The molecule has 0 aliphatic rings. The van der Waals surface area contributed by atoms with Crippen LogP contribution in [0.2, 0.25) is 0 Å². The third-order valence-corrected chi connectivity index (χ3v) is 4.05. The van der Waals surface area contributed by atoms with Gasteiger partial charge >= 0.3 is 0 Å². The highest BCUT2D eigenvalue weighted by Crippen LogP contribution is 2.22. The van der Waals surface area contributed by atoms with Crippen molar-refractivity contribution in [3.8, 4) is 0 Å². The van der Waals surface area contributed by atoms with Crippen LogP contribution in [0.3, 0.4) is 0 Å². The quantitative estimate of drug-likeness (QED) is 0.414. The number of primary amides is 1. The zero-order chi connectivity index (χ0) is 18.1. The number of fused-ring (bicyclic) bond motifs is 2. The second-order valence-corrected chi connectivity index (χ2v) is 6.00. The maximum atomic E-state index is 10.9. The molecule has 1 aromatic carbocycles. The molecule has 0 bridgehead atoms. The molecule has 0 spiro atoms. The number of carbonyl (C=O) groups is 1. The van der Waals surface area contributed by atoms with Crippen molar-refractivity contribution in [3.05, 3.63) is 47.8 Å². The van der Waals surface area contributed by atoms with Gasteiger partial charge in [0.05, 0.1) is 17.8 Å².